The zero-order valence-corrected chi connectivity index (χ0v) is 10.8. The van der Waals surface area contributed by atoms with Crippen LogP contribution in [0.1, 0.15) is 65.7 Å². The molecule has 0 rings (SSSR count). The summed E-state index contributed by atoms with van der Waals surface area (Å²) in [7, 11) is 0. The van der Waals surface area contributed by atoms with Crippen LogP contribution in [0.25, 0.3) is 0 Å². The van der Waals surface area contributed by atoms with Gasteiger partial charge in [-0.15, -0.1) is 0 Å². The molecule has 0 bridgehead atoms. The molecule has 0 radical (unpaired) electrons. The predicted molar refractivity (Wildman–Crippen MR) is 64.2 cm³/mol. The molecule has 3 heteroatoms. The Bertz CT molecular complexity index is 211. The first-order valence-electron chi connectivity index (χ1n) is 6.25. The fourth-order valence-corrected chi connectivity index (χ4v) is 1.36. The first kappa shape index (κ1) is 15.1. The van der Waals surface area contributed by atoms with Gasteiger partial charge in [-0.25, -0.2) is 0 Å². The lowest BCUT2D eigenvalue weighted by molar-refractivity contribution is -0.148. The predicted octanol–water partition coefficient (Wildman–Crippen LogP) is 3.26. The molecule has 3 nitrogen and oxygen atoms in total. The molecule has 0 aromatic heterocycles. The Kier molecular flexibility index (Phi) is 8.87. The van der Waals surface area contributed by atoms with E-state index in [4.69, 9.17) is 4.74 Å². The summed E-state index contributed by atoms with van der Waals surface area (Å²) in [4.78, 5) is 21.9. The molecule has 0 spiro atoms. The maximum atomic E-state index is 11.3. The highest BCUT2D eigenvalue weighted by atomic mass is 16.5. The average molecular weight is 228 g/mol. The molecule has 0 N–H and O–H groups in total. The standard InChI is InChI=1S/C13H24O3/c1-4-12(3)16-13(15)10-8-6-5-7-9-11(2)14/h12H,4-10H2,1-3H3. The first-order chi connectivity index (χ1) is 7.56. The SMILES string of the molecule is CCC(C)OC(=O)CCCCCCC(C)=O. The van der Waals surface area contributed by atoms with Gasteiger partial charge in [0.25, 0.3) is 0 Å². The van der Waals surface area contributed by atoms with E-state index >= 15 is 0 Å². The van der Waals surface area contributed by atoms with Gasteiger partial charge in [-0.1, -0.05) is 19.8 Å². The van der Waals surface area contributed by atoms with Gasteiger partial charge in [0, 0.05) is 12.8 Å². The third kappa shape index (κ3) is 9.69. The summed E-state index contributed by atoms with van der Waals surface area (Å²) in [6.07, 6.45) is 5.90. The molecule has 0 aliphatic carbocycles. The number of ether oxygens (including phenoxy) is 1. The number of ketones is 1. The summed E-state index contributed by atoms with van der Waals surface area (Å²) < 4.78 is 5.15. The van der Waals surface area contributed by atoms with Gasteiger partial charge in [0.1, 0.15) is 5.78 Å². The largest absolute Gasteiger partial charge is 0.463 e. The number of carbonyl (C=O) groups excluding carboxylic acids is 2. The highest BCUT2D eigenvalue weighted by Gasteiger charge is 2.06. The Hall–Kier alpha value is -0.860. The lowest BCUT2D eigenvalue weighted by atomic mass is 10.1. The first-order valence-corrected chi connectivity index (χ1v) is 6.25. The second-order valence-electron chi connectivity index (χ2n) is 4.32. The second-order valence-corrected chi connectivity index (χ2v) is 4.32. The highest BCUT2D eigenvalue weighted by Crippen LogP contribution is 2.07. The lowest BCUT2D eigenvalue weighted by Gasteiger charge is -2.10. The molecule has 16 heavy (non-hydrogen) atoms. The maximum absolute atomic E-state index is 11.3. The summed E-state index contributed by atoms with van der Waals surface area (Å²) in [5, 5.41) is 0. The van der Waals surface area contributed by atoms with E-state index in [0.717, 1.165) is 32.1 Å². The highest BCUT2D eigenvalue weighted by molar-refractivity contribution is 5.75. The minimum absolute atomic E-state index is 0.0326. The van der Waals surface area contributed by atoms with Gasteiger partial charge in [0.15, 0.2) is 0 Å². The smallest absolute Gasteiger partial charge is 0.306 e. The fraction of sp³-hybridized carbons (Fsp3) is 0.846. The Labute approximate surface area is 98.6 Å². The van der Waals surface area contributed by atoms with Crippen LogP contribution in [0.5, 0.6) is 0 Å². The molecular weight excluding hydrogens is 204 g/mol. The van der Waals surface area contributed by atoms with E-state index in [2.05, 4.69) is 0 Å². The van der Waals surface area contributed by atoms with Crippen LogP contribution in [0.4, 0.5) is 0 Å². The van der Waals surface area contributed by atoms with Crippen LogP contribution in [0.3, 0.4) is 0 Å². The summed E-state index contributed by atoms with van der Waals surface area (Å²) in [5.41, 5.74) is 0. The number of unbranched alkanes of at least 4 members (excludes halogenated alkanes) is 3. The van der Waals surface area contributed by atoms with E-state index in [0.29, 0.717) is 12.8 Å². The normalized spacial score (nSPS) is 12.2. The molecule has 94 valence electrons. The second kappa shape index (κ2) is 9.37. The molecule has 0 aromatic carbocycles. The zero-order chi connectivity index (χ0) is 12.4. The summed E-state index contributed by atoms with van der Waals surface area (Å²) in [6, 6.07) is 0. The van der Waals surface area contributed by atoms with Gasteiger partial charge in [-0.05, 0) is 33.1 Å². The van der Waals surface area contributed by atoms with Gasteiger partial charge in [0.2, 0.25) is 0 Å². The van der Waals surface area contributed by atoms with Crippen LogP contribution in [-0.4, -0.2) is 17.9 Å². The average Bonchev–Trinajstić information content (AvgIpc) is 2.22. The van der Waals surface area contributed by atoms with Crippen LogP contribution in [0, 0.1) is 0 Å². The van der Waals surface area contributed by atoms with Gasteiger partial charge in [-0.2, -0.15) is 0 Å². The van der Waals surface area contributed by atoms with Crippen molar-refractivity contribution in [3.63, 3.8) is 0 Å². The molecule has 0 saturated carbocycles. The number of carbonyl (C=O) groups is 2. The summed E-state index contributed by atoms with van der Waals surface area (Å²) in [6.45, 7) is 5.52. The molecule has 1 atom stereocenters. The van der Waals surface area contributed by atoms with Crippen LogP contribution in [0.2, 0.25) is 0 Å². The third-order valence-electron chi connectivity index (χ3n) is 2.57. The minimum Gasteiger partial charge on any atom is -0.463 e. The molecule has 0 aliphatic heterocycles. The van der Waals surface area contributed by atoms with Gasteiger partial charge >= 0.3 is 5.97 Å². The minimum atomic E-state index is -0.0964. The molecule has 0 saturated heterocycles. The fourth-order valence-electron chi connectivity index (χ4n) is 1.36. The maximum Gasteiger partial charge on any atom is 0.306 e. The van der Waals surface area contributed by atoms with Gasteiger partial charge < -0.3 is 9.53 Å². The van der Waals surface area contributed by atoms with E-state index in [1.807, 2.05) is 13.8 Å². The van der Waals surface area contributed by atoms with Gasteiger partial charge in [-0.3, -0.25) is 4.79 Å². The van der Waals surface area contributed by atoms with Crippen LogP contribution in [-0.2, 0) is 14.3 Å². The number of esters is 1. The molecule has 0 heterocycles. The number of rotatable bonds is 9. The topological polar surface area (TPSA) is 43.4 Å². The van der Waals surface area contributed by atoms with Crippen molar-refractivity contribution in [3.8, 4) is 0 Å². The van der Waals surface area contributed by atoms with Crippen molar-refractivity contribution in [3.05, 3.63) is 0 Å². The van der Waals surface area contributed by atoms with E-state index in [1.165, 1.54) is 0 Å². The van der Waals surface area contributed by atoms with E-state index < -0.39 is 0 Å². The zero-order valence-electron chi connectivity index (χ0n) is 10.8. The lowest BCUT2D eigenvalue weighted by Crippen LogP contribution is -2.13. The van der Waals surface area contributed by atoms with Gasteiger partial charge in [0.05, 0.1) is 6.10 Å². The number of hydrogen-bond donors (Lipinski definition) is 0. The Morgan fingerprint density at radius 3 is 2.12 bits per heavy atom. The van der Waals surface area contributed by atoms with Crippen molar-refractivity contribution in [2.75, 3.05) is 0 Å². The summed E-state index contributed by atoms with van der Waals surface area (Å²) in [5.74, 6) is 0.150. The number of Topliss-reactive ketones (excluding diaryl/α,β-unsaturated/α-hetero) is 1. The Morgan fingerprint density at radius 1 is 1.06 bits per heavy atom. The molecular formula is C13H24O3. The van der Waals surface area contributed by atoms with Crippen molar-refractivity contribution in [1.29, 1.82) is 0 Å². The van der Waals surface area contributed by atoms with E-state index in [9.17, 15) is 9.59 Å². The summed E-state index contributed by atoms with van der Waals surface area (Å²) >= 11 is 0. The Morgan fingerprint density at radius 2 is 1.62 bits per heavy atom. The molecule has 0 amide bonds. The van der Waals surface area contributed by atoms with Crippen LogP contribution in [0.15, 0.2) is 0 Å². The Balaban J connectivity index is 3.31. The molecule has 0 aliphatic rings. The third-order valence-corrected chi connectivity index (χ3v) is 2.57. The molecule has 1 unspecified atom stereocenters. The van der Waals surface area contributed by atoms with Crippen molar-refractivity contribution in [1.82, 2.24) is 0 Å². The van der Waals surface area contributed by atoms with Crippen LogP contribution < -0.4 is 0 Å². The monoisotopic (exact) mass is 228 g/mol. The van der Waals surface area contributed by atoms with E-state index in [-0.39, 0.29) is 17.9 Å². The van der Waals surface area contributed by atoms with Crippen molar-refractivity contribution in [2.24, 2.45) is 0 Å². The van der Waals surface area contributed by atoms with Crippen molar-refractivity contribution >= 4 is 11.8 Å². The van der Waals surface area contributed by atoms with Crippen LogP contribution >= 0.6 is 0 Å². The number of hydrogen-bond acceptors (Lipinski definition) is 3. The van der Waals surface area contributed by atoms with E-state index in [1.54, 1.807) is 6.92 Å². The van der Waals surface area contributed by atoms with Crippen molar-refractivity contribution in [2.45, 2.75) is 71.8 Å². The molecule has 0 aromatic rings. The van der Waals surface area contributed by atoms with Crippen molar-refractivity contribution < 1.29 is 14.3 Å². The molecule has 0 fully saturated rings. The quantitative estimate of drug-likeness (QED) is 0.449.